The molecule has 26 heavy (non-hydrogen) atoms. The molecule has 0 saturated heterocycles. The largest absolute Gasteiger partial charge is 0.493 e. The maximum Gasteiger partial charge on any atom is 0.243 e. The summed E-state index contributed by atoms with van der Waals surface area (Å²) in [6, 6.07) is 10.9. The molecule has 0 aliphatic carbocycles. The molecule has 2 aromatic carbocycles. The number of fused-ring (bicyclic) bond motifs is 1. The number of ether oxygens (including phenoxy) is 2. The molecule has 1 aliphatic heterocycles. The van der Waals surface area contributed by atoms with E-state index in [1.54, 1.807) is 36.7 Å². The first-order valence-electron chi connectivity index (χ1n) is 8.51. The molecule has 3 rings (SSSR count). The fourth-order valence-corrected chi connectivity index (χ4v) is 5.23. The van der Waals surface area contributed by atoms with E-state index in [2.05, 4.69) is 13.8 Å². The van der Waals surface area contributed by atoms with Gasteiger partial charge in [-0.15, -0.1) is 0 Å². The summed E-state index contributed by atoms with van der Waals surface area (Å²) in [7, 11) is -0.384. The van der Waals surface area contributed by atoms with Crippen molar-refractivity contribution >= 4 is 10.0 Å². The van der Waals surface area contributed by atoms with Crippen molar-refractivity contribution < 1.29 is 17.9 Å². The molecule has 2 aromatic rings. The number of sulfonamides is 1. The van der Waals surface area contributed by atoms with Gasteiger partial charge in [0.25, 0.3) is 0 Å². The van der Waals surface area contributed by atoms with Gasteiger partial charge in [0.05, 0.1) is 19.1 Å². The summed E-state index contributed by atoms with van der Waals surface area (Å²) in [5.74, 6) is 1.27. The van der Waals surface area contributed by atoms with Crippen molar-refractivity contribution in [3.8, 4) is 11.5 Å². The molecular weight excluding hydrogens is 350 g/mol. The number of nitrogens with zero attached hydrogens (tertiary/aromatic N) is 1. The third-order valence-electron chi connectivity index (χ3n) is 4.88. The van der Waals surface area contributed by atoms with Gasteiger partial charge in [0.15, 0.2) is 11.5 Å². The average Bonchev–Trinajstić information content (AvgIpc) is 2.60. The third-order valence-corrected chi connectivity index (χ3v) is 6.67. The van der Waals surface area contributed by atoms with Gasteiger partial charge in [-0.2, -0.15) is 4.31 Å². The van der Waals surface area contributed by atoms with Gasteiger partial charge < -0.3 is 9.47 Å². The van der Waals surface area contributed by atoms with E-state index in [0.29, 0.717) is 29.5 Å². The molecule has 0 radical (unpaired) electrons. The summed E-state index contributed by atoms with van der Waals surface area (Å²) in [4.78, 5) is 0.331. The van der Waals surface area contributed by atoms with Crippen LogP contribution in [0.4, 0.5) is 0 Å². The predicted octanol–water partition coefficient (Wildman–Crippen LogP) is 3.49. The first kappa shape index (κ1) is 18.7. The molecule has 0 saturated carbocycles. The second kappa shape index (κ2) is 6.59. The van der Waals surface area contributed by atoms with Crippen LogP contribution in [0.5, 0.6) is 11.5 Å². The van der Waals surface area contributed by atoms with Crippen molar-refractivity contribution in [2.24, 2.45) is 0 Å². The van der Waals surface area contributed by atoms with Gasteiger partial charge in [-0.3, -0.25) is 0 Å². The van der Waals surface area contributed by atoms with Crippen molar-refractivity contribution in [3.05, 3.63) is 53.1 Å². The highest BCUT2D eigenvalue weighted by atomic mass is 32.2. The normalized spacial score (nSPS) is 16.8. The molecule has 1 heterocycles. The number of hydrogen-bond acceptors (Lipinski definition) is 4. The van der Waals surface area contributed by atoms with Crippen LogP contribution in [0, 0.1) is 6.92 Å². The molecule has 0 spiro atoms. The van der Waals surface area contributed by atoms with Crippen LogP contribution < -0.4 is 9.47 Å². The summed E-state index contributed by atoms with van der Waals surface area (Å²) in [5, 5.41) is 0. The van der Waals surface area contributed by atoms with Gasteiger partial charge in [-0.05, 0) is 47.9 Å². The molecule has 0 N–H and O–H groups in total. The predicted molar refractivity (Wildman–Crippen MR) is 101 cm³/mol. The van der Waals surface area contributed by atoms with E-state index < -0.39 is 10.0 Å². The standard InChI is InChI=1S/C20H25NO4S/c1-14-7-6-8-16(9-14)26(22,23)21-12-15-10-18(24-4)19(25-5)11-17(15)20(2,3)13-21/h6-11H,12-13H2,1-5H3. The van der Waals surface area contributed by atoms with Crippen molar-refractivity contribution in [1.82, 2.24) is 4.31 Å². The number of benzene rings is 2. The number of aryl methyl sites for hydroxylation is 1. The summed E-state index contributed by atoms with van der Waals surface area (Å²) in [6.07, 6.45) is 0. The SMILES string of the molecule is COc1cc2c(cc1OC)C(C)(C)CN(S(=O)(=O)c1cccc(C)c1)C2. The Hall–Kier alpha value is -2.05. The highest BCUT2D eigenvalue weighted by Gasteiger charge is 2.38. The first-order valence-corrected chi connectivity index (χ1v) is 9.95. The molecule has 140 valence electrons. The van der Waals surface area contributed by atoms with Crippen molar-refractivity contribution in [2.75, 3.05) is 20.8 Å². The zero-order chi connectivity index (χ0) is 19.1. The fourth-order valence-electron chi connectivity index (χ4n) is 3.55. The van der Waals surface area contributed by atoms with Gasteiger partial charge in [0.2, 0.25) is 10.0 Å². The van der Waals surface area contributed by atoms with E-state index in [1.165, 1.54) is 0 Å². The smallest absolute Gasteiger partial charge is 0.243 e. The lowest BCUT2D eigenvalue weighted by molar-refractivity contribution is 0.294. The zero-order valence-corrected chi connectivity index (χ0v) is 16.7. The monoisotopic (exact) mass is 375 g/mol. The first-order chi connectivity index (χ1) is 12.2. The second-order valence-corrected chi connectivity index (χ2v) is 9.28. The maximum absolute atomic E-state index is 13.2. The molecule has 1 aliphatic rings. The summed E-state index contributed by atoms with van der Waals surface area (Å²) < 4.78 is 38.7. The van der Waals surface area contributed by atoms with Crippen LogP contribution in [-0.2, 0) is 22.0 Å². The molecule has 5 nitrogen and oxygen atoms in total. The zero-order valence-electron chi connectivity index (χ0n) is 15.9. The van der Waals surface area contributed by atoms with Crippen LogP contribution in [0.15, 0.2) is 41.3 Å². The quantitative estimate of drug-likeness (QED) is 0.821. The Morgan fingerprint density at radius 3 is 2.31 bits per heavy atom. The Labute approximate surface area is 155 Å². The van der Waals surface area contributed by atoms with E-state index in [9.17, 15) is 8.42 Å². The molecule has 0 unspecified atom stereocenters. The van der Waals surface area contributed by atoms with Crippen LogP contribution in [-0.4, -0.2) is 33.5 Å². The van der Waals surface area contributed by atoms with Gasteiger partial charge >= 0.3 is 0 Å². The lowest BCUT2D eigenvalue weighted by Crippen LogP contribution is -2.45. The van der Waals surface area contributed by atoms with E-state index in [4.69, 9.17) is 9.47 Å². The van der Waals surface area contributed by atoms with Gasteiger partial charge in [0.1, 0.15) is 0 Å². The van der Waals surface area contributed by atoms with Gasteiger partial charge in [-0.1, -0.05) is 26.0 Å². The van der Waals surface area contributed by atoms with E-state index in [0.717, 1.165) is 16.7 Å². The average molecular weight is 375 g/mol. The van der Waals surface area contributed by atoms with Crippen LogP contribution in [0.3, 0.4) is 0 Å². The number of hydrogen-bond donors (Lipinski definition) is 0. The molecule has 6 heteroatoms. The molecule has 0 fully saturated rings. The van der Waals surface area contributed by atoms with Crippen LogP contribution in [0.2, 0.25) is 0 Å². The van der Waals surface area contributed by atoms with E-state index in [1.807, 2.05) is 25.1 Å². The lowest BCUT2D eigenvalue weighted by atomic mass is 9.79. The van der Waals surface area contributed by atoms with Crippen LogP contribution in [0.25, 0.3) is 0 Å². The lowest BCUT2D eigenvalue weighted by Gasteiger charge is -2.39. The molecule has 0 amide bonds. The van der Waals surface area contributed by atoms with E-state index in [-0.39, 0.29) is 5.41 Å². The minimum Gasteiger partial charge on any atom is -0.493 e. The van der Waals surface area contributed by atoms with Gasteiger partial charge in [0, 0.05) is 18.5 Å². The van der Waals surface area contributed by atoms with E-state index >= 15 is 0 Å². The van der Waals surface area contributed by atoms with Crippen molar-refractivity contribution in [3.63, 3.8) is 0 Å². The Morgan fingerprint density at radius 1 is 1.04 bits per heavy atom. The number of methoxy groups -OCH3 is 2. The Bertz CT molecular complexity index is 935. The molecule has 0 bridgehead atoms. The minimum absolute atomic E-state index is 0.315. The van der Waals surface area contributed by atoms with Crippen molar-refractivity contribution in [1.29, 1.82) is 0 Å². The fraction of sp³-hybridized carbons (Fsp3) is 0.400. The van der Waals surface area contributed by atoms with Crippen LogP contribution >= 0.6 is 0 Å². The Morgan fingerprint density at radius 2 is 1.69 bits per heavy atom. The highest BCUT2D eigenvalue weighted by Crippen LogP contribution is 2.41. The Balaban J connectivity index is 2.07. The minimum atomic E-state index is -3.57. The summed E-state index contributed by atoms with van der Waals surface area (Å²) in [5.41, 5.74) is 2.61. The third kappa shape index (κ3) is 3.19. The summed E-state index contributed by atoms with van der Waals surface area (Å²) in [6.45, 7) is 6.72. The Kier molecular flexibility index (Phi) is 4.75. The molecular formula is C20H25NO4S. The number of rotatable bonds is 4. The second-order valence-electron chi connectivity index (χ2n) is 7.34. The molecule has 0 aromatic heterocycles. The summed E-state index contributed by atoms with van der Waals surface area (Å²) >= 11 is 0. The topological polar surface area (TPSA) is 55.8 Å². The van der Waals surface area contributed by atoms with Gasteiger partial charge in [-0.25, -0.2) is 8.42 Å². The van der Waals surface area contributed by atoms with Crippen molar-refractivity contribution in [2.45, 2.75) is 37.6 Å². The highest BCUT2D eigenvalue weighted by molar-refractivity contribution is 7.89. The molecule has 0 atom stereocenters. The van der Waals surface area contributed by atoms with Crippen LogP contribution in [0.1, 0.15) is 30.5 Å². The maximum atomic E-state index is 13.2.